The Balaban J connectivity index is 2.87. The Morgan fingerprint density at radius 2 is 2.00 bits per heavy atom. The molecule has 0 aliphatic rings. The van der Waals surface area contributed by atoms with E-state index in [-0.39, 0.29) is 16.2 Å². The second-order valence-electron chi connectivity index (χ2n) is 4.31. The van der Waals surface area contributed by atoms with Gasteiger partial charge in [0.25, 0.3) is 9.05 Å². The highest BCUT2D eigenvalue weighted by Gasteiger charge is 2.19. The highest BCUT2D eigenvalue weighted by Crippen LogP contribution is 2.28. The molecule has 20 heavy (non-hydrogen) atoms. The van der Waals surface area contributed by atoms with Crippen molar-refractivity contribution < 1.29 is 23.1 Å². The first-order valence-electron chi connectivity index (χ1n) is 6.31. The van der Waals surface area contributed by atoms with Gasteiger partial charge in [-0.25, -0.2) is 13.2 Å². The minimum absolute atomic E-state index is 0.0847. The van der Waals surface area contributed by atoms with E-state index in [1.807, 2.05) is 0 Å². The number of rotatable bonds is 8. The minimum atomic E-state index is -4.05. The molecule has 1 N–H and O–H groups in total. The molecule has 1 aromatic carbocycles. The van der Waals surface area contributed by atoms with Crippen molar-refractivity contribution in [2.45, 2.75) is 37.5 Å². The highest BCUT2D eigenvalue weighted by molar-refractivity contribution is 8.13. The zero-order valence-electron chi connectivity index (χ0n) is 11.1. The Labute approximate surface area is 122 Å². The molecule has 0 aliphatic carbocycles. The fourth-order valence-electron chi connectivity index (χ4n) is 1.66. The summed E-state index contributed by atoms with van der Waals surface area (Å²) in [7, 11) is 1.25. The zero-order valence-corrected chi connectivity index (χ0v) is 12.7. The van der Waals surface area contributed by atoms with Gasteiger partial charge in [0.05, 0.1) is 12.2 Å². The summed E-state index contributed by atoms with van der Waals surface area (Å²) in [6.07, 6.45) is 3.97. The minimum Gasteiger partial charge on any atom is -0.492 e. The molecule has 0 aromatic heterocycles. The van der Waals surface area contributed by atoms with Crippen molar-refractivity contribution in [1.29, 1.82) is 0 Å². The molecule has 0 spiro atoms. The Morgan fingerprint density at radius 3 is 2.55 bits per heavy atom. The molecule has 1 rings (SSSR count). The van der Waals surface area contributed by atoms with Crippen molar-refractivity contribution in [3.63, 3.8) is 0 Å². The van der Waals surface area contributed by atoms with Crippen molar-refractivity contribution in [2.24, 2.45) is 0 Å². The molecule has 0 radical (unpaired) electrons. The summed E-state index contributed by atoms with van der Waals surface area (Å²) in [6, 6.07) is 3.61. The number of hydrogen-bond donors (Lipinski definition) is 1. The Morgan fingerprint density at radius 1 is 1.30 bits per heavy atom. The van der Waals surface area contributed by atoms with E-state index in [9.17, 15) is 13.2 Å². The van der Waals surface area contributed by atoms with E-state index in [4.69, 9.17) is 20.5 Å². The summed E-state index contributed by atoms with van der Waals surface area (Å²) in [5.41, 5.74) is -0.150. The van der Waals surface area contributed by atoms with Crippen LogP contribution in [-0.2, 0) is 9.05 Å². The third kappa shape index (κ3) is 5.02. The summed E-state index contributed by atoms with van der Waals surface area (Å²) in [4.78, 5) is 10.5. The van der Waals surface area contributed by atoms with E-state index in [0.29, 0.717) is 6.61 Å². The van der Waals surface area contributed by atoms with Crippen molar-refractivity contribution in [2.75, 3.05) is 6.61 Å². The van der Waals surface area contributed by atoms with Crippen molar-refractivity contribution in [1.82, 2.24) is 0 Å². The molecular formula is C13H17ClO5S. The third-order valence-corrected chi connectivity index (χ3v) is 4.05. The second-order valence-corrected chi connectivity index (χ2v) is 6.85. The first-order valence-corrected chi connectivity index (χ1v) is 8.62. The summed E-state index contributed by atoms with van der Waals surface area (Å²) < 4.78 is 28.3. The summed E-state index contributed by atoms with van der Waals surface area (Å²) in [5, 5.41) is 8.86. The van der Waals surface area contributed by atoms with Crippen LogP contribution in [0, 0.1) is 0 Å². The molecule has 0 saturated carbocycles. The van der Waals surface area contributed by atoms with Gasteiger partial charge in [-0.1, -0.05) is 26.2 Å². The van der Waals surface area contributed by atoms with E-state index in [0.717, 1.165) is 31.7 Å². The molecule has 112 valence electrons. The number of benzene rings is 1. The number of aromatic carboxylic acids is 1. The van der Waals surface area contributed by atoms with E-state index in [2.05, 4.69) is 6.92 Å². The van der Waals surface area contributed by atoms with Crippen LogP contribution in [0.5, 0.6) is 5.75 Å². The van der Waals surface area contributed by atoms with Crippen LogP contribution in [-0.4, -0.2) is 26.1 Å². The predicted molar refractivity (Wildman–Crippen MR) is 76.1 cm³/mol. The molecule has 0 heterocycles. The average molecular weight is 321 g/mol. The number of carbonyl (C=O) groups is 1. The second kappa shape index (κ2) is 7.50. The first kappa shape index (κ1) is 16.8. The third-order valence-electron chi connectivity index (χ3n) is 2.71. The van der Waals surface area contributed by atoms with Gasteiger partial charge < -0.3 is 9.84 Å². The van der Waals surface area contributed by atoms with E-state index < -0.39 is 15.0 Å². The van der Waals surface area contributed by atoms with Gasteiger partial charge in [0.2, 0.25) is 0 Å². The SMILES string of the molecule is CCCCCCOc1ccc(C(=O)O)cc1S(=O)(=O)Cl. The molecule has 0 aliphatic heterocycles. The van der Waals surface area contributed by atoms with Gasteiger partial charge in [-0.15, -0.1) is 0 Å². The molecule has 5 nitrogen and oxygen atoms in total. The molecule has 0 unspecified atom stereocenters. The molecule has 7 heteroatoms. The highest BCUT2D eigenvalue weighted by atomic mass is 35.7. The Hall–Kier alpha value is -1.27. The molecule has 0 fully saturated rings. The number of halogens is 1. The number of carboxylic acids is 1. The molecule has 0 saturated heterocycles. The van der Waals surface area contributed by atoms with Gasteiger partial charge >= 0.3 is 5.97 Å². The lowest BCUT2D eigenvalue weighted by atomic mass is 10.2. The van der Waals surface area contributed by atoms with Crippen LogP contribution >= 0.6 is 10.7 Å². The first-order chi connectivity index (χ1) is 9.36. The fraction of sp³-hybridized carbons (Fsp3) is 0.462. The van der Waals surface area contributed by atoms with Crippen LogP contribution in [0.1, 0.15) is 43.0 Å². The van der Waals surface area contributed by atoms with Gasteiger partial charge in [-0.05, 0) is 24.6 Å². The molecule has 1 aromatic rings. The number of hydrogen-bond acceptors (Lipinski definition) is 4. The smallest absolute Gasteiger partial charge is 0.335 e. The lowest BCUT2D eigenvalue weighted by Gasteiger charge is -2.10. The van der Waals surface area contributed by atoms with E-state index >= 15 is 0 Å². The number of ether oxygens (including phenoxy) is 1. The fourth-order valence-corrected chi connectivity index (χ4v) is 2.66. The summed E-state index contributed by atoms with van der Waals surface area (Å²) in [5.74, 6) is -1.14. The molecule has 0 atom stereocenters. The average Bonchev–Trinajstić information content (AvgIpc) is 2.37. The topological polar surface area (TPSA) is 80.7 Å². The van der Waals surface area contributed by atoms with E-state index in [1.54, 1.807) is 0 Å². The summed E-state index contributed by atoms with van der Waals surface area (Å²) >= 11 is 0. The van der Waals surface area contributed by atoms with Gasteiger partial charge in [-0.2, -0.15) is 0 Å². The molecule has 0 bridgehead atoms. The van der Waals surface area contributed by atoms with Gasteiger partial charge in [0, 0.05) is 10.7 Å². The van der Waals surface area contributed by atoms with Crippen LogP contribution in [0.2, 0.25) is 0 Å². The molecule has 0 amide bonds. The molecular weight excluding hydrogens is 304 g/mol. The number of carboxylic acid groups (broad SMARTS) is 1. The maximum Gasteiger partial charge on any atom is 0.335 e. The van der Waals surface area contributed by atoms with Gasteiger partial charge in [-0.3, -0.25) is 0 Å². The van der Waals surface area contributed by atoms with Crippen molar-refractivity contribution in [3.05, 3.63) is 23.8 Å². The number of unbranched alkanes of at least 4 members (excludes halogenated alkanes) is 3. The summed E-state index contributed by atoms with van der Waals surface area (Å²) in [6.45, 7) is 2.45. The standard InChI is InChI=1S/C13H17ClO5S/c1-2-3-4-5-8-19-11-7-6-10(13(15)16)9-12(11)20(14,17)18/h6-7,9H,2-5,8H2,1H3,(H,15,16). The lowest BCUT2D eigenvalue weighted by molar-refractivity contribution is 0.0696. The maximum atomic E-state index is 11.5. The van der Waals surface area contributed by atoms with Crippen LogP contribution in [0.3, 0.4) is 0 Å². The van der Waals surface area contributed by atoms with Crippen LogP contribution < -0.4 is 4.74 Å². The predicted octanol–water partition coefficient (Wildman–Crippen LogP) is 3.27. The van der Waals surface area contributed by atoms with Crippen molar-refractivity contribution >= 4 is 25.7 Å². The van der Waals surface area contributed by atoms with Gasteiger partial charge in [0.15, 0.2) is 0 Å². The van der Waals surface area contributed by atoms with Gasteiger partial charge in [0.1, 0.15) is 10.6 Å². The largest absolute Gasteiger partial charge is 0.492 e. The Bertz CT molecular complexity index is 568. The normalized spacial score (nSPS) is 11.3. The zero-order chi connectivity index (χ0) is 15.2. The van der Waals surface area contributed by atoms with Crippen LogP contribution in [0.4, 0.5) is 0 Å². The monoisotopic (exact) mass is 320 g/mol. The lowest BCUT2D eigenvalue weighted by Crippen LogP contribution is -2.05. The maximum absolute atomic E-state index is 11.5. The van der Waals surface area contributed by atoms with Crippen LogP contribution in [0.25, 0.3) is 0 Å². The van der Waals surface area contributed by atoms with Crippen molar-refractivity contribution in [3.8, 4) is 5.75 Å². The Kier molecular flexibility index (Phi) is 6.29. The van der Waals surface area contributed by atoms with E-state index in [1.165, 1.54) is 12.1 Å². The van der Waals surface area contributed by atoms with Crippen LogP contribution in [0.15, 0.2) is 23.1 Å². The quantitative estimate of drug-likeness (QED) is 0.587.